The summed E-state index contributed by atoms with van der Waals surface area (Å²) in [5, 5.41) is 6.17. The van der Waals surface area contributed by atoms with Crippen LogP contribution in [0.15, 0.2) is 17.6 Å². The third-order valence-corrected chi connectivity index (χ3v) is 5.44. The Hall–Kier alpha value is -1.62. The van der Waals surface area contributed by atoms with E-state index in [-0.39, 0.29) is 5.91 Å². The molecule has 1 amide bonds. The first kappa shape index (κ1) is 14.3. The molecule has 0 saturated heterocycles. The van der Waals surface area contributed by atoms with Crippen molar-refractivity contribution in [2.24, 2.45) is 0 Å². The number of thiazole rings is 1. The molecule has 112 valence electrons. The minimum atomic E-state index is -0.415. The molecule has 1 atom stereocenters. The number of hydrogen-bond acceptors (Lipinski definition) is 3. The third-order valence-electron chi connectivity index (χ3n) is 4.21. The minimum absolute atomic E-state index is 0.0286. The molecular weight excluding hydrogens is 282 g/mol. The molecule has 0 spiro atoms. The number of carbonyl (C=O) groups is 1. The highest BCUT2D eigenvalue weighted by atomic mass is 32.1. The van der Waals surface area contributed by atoms with E-state index in [2.05, 4.69) is 22.2 Å². The zero-order valence-electron chi connectivity index (χ0n) is 12.7. The molecular formula is C16H21N3OS. The van der Waals surface area contributed by atoms with Crippen LogP contribution >= 0.6 is 11.3 Å². The van der Waals surface area contributed by atoms with Crippen molar-refractivity contribution >= 4 is 17.2 Å². The molecule has 1 unspecified atom stereocenters. The molecule has 1 fully saturated rings. The molecule has 0 bridgehead atoms. The number of hydrogen-bond donors (Lipinski definition) is 2. The standard InChI is InChI=1S/C16H21N3OS/c1-4-16(3,15-18-10(2)9-21-15)19-14(20)13-12(7-8-17-13)11-5-6-11/h7-9,11,17H,4-6H2,1-3H3,(H,19,20). The van der Waals surface area contributed by atoms with E-state index in [1.807, 2.05) is 31.5 Å². The highest BCUT2D eigenvalue weighted by Gasteiger charge is 2.33. The molecule has 0 radical (unpaired) electrons. The van der Waals surface area contributed by atoms with Crippen LogP contribution in [0.1, 0.15) is 65.8 Å². The Kier molecular flexibility index (Phi) is 3.61. The van der Waals surface area contributed by atoms with E-state index in [9.17, 15) is 4.79 Å². The van der Waals surface area contributed by atoms with Crippen molar-refractivity contribution in [3.63, 3.8) is 0 Å². The SMILES string of the molecule is CCC(C)(NC(=O)c1[nH]ccc1C1CC1)c1nc(C)cs1. The van der Waals surface area contributed by atoms with Crippen LogP contribution < -0.4 is 5.32 Å². The number of nitrogens with zero attached hydrogens (tertiary/aromatic N) is 1. The molecule has 2 aromatic rings. The molecule has 1 aliphatic carbocycles. The third kappa shape index (κ3) is 2.75. The molecule has 0 aliphatic heterocycles. The monoisotopic (exact) mass is 303 g/mol. The molecule has 0 aromatic carbocycles. The van der Waals surface area contributed by atoms with Crippen LogP contribution in [0.2, 0.25) is 0 Å². The molecule has 1 aliphatic rings. The summed E-state index contributed by atoms with van der Waals surface area (Å²) in [5.41, 5.74) is 2.45. The summed E-state index contributed by atoms with van der Waals surface area (Å²) in [4.78, 5) is 20.3. The van der Waals surface area contributed by atoms with Crippen molar-refractivity contribution in [1.29, 1.82) is 0 Å². The predicted octanol–water partition coefficient (Wildman–Crippen LogP) is 3.71. The minimum Gasteiger partial charge on any atom is -0.357 e. The second-order valence-corrected chi connectivity index (χ2v) is 6.87. The summed E-state index contributed by atoms with van der Waals surface area (Å²) >= 11 is 1.61. The Labute approximate surface area is 129 Å². The molecule has 2 heterocycles. The van der Waals surface area contributed by atoms with E-state index in [1.54, 1.807) is 11.3 Å². The van der Waals surface area contributed by atoms with Crippen molar-refractivity contribution in [2.45, 2.75) is 51.5 Å². The van der Waals surface area contributed by atoms with Crippen LogP contribution in [0.3, 0.4) is 0 Å². The number of aromatic nitrogens is 2. The summed E-state index contributed by atoms with van der Waals surface area (Å²) in [6.45, 7) is 6.10. The molecule has 5 heteroatoms. The fourth-order valence-electron chi connectivity index (χ4n) is 2.53. The van der Waals surface area contributed by atoms with Crippen molar-refractivity contribution in [3.05, 3.63) is 39.6 Å². The number of aromatic amines is 1. The number of amides is 1. The van der Waals surface area contributed by atoms with Gasteiger partial charge in [-0.3, -0.25) is 4.79 Å². The lowest BCUT2D eigenvalue weighted by atomic mass is 9.99. The highest BCUT2D eigenvalue weighted by Crippen LogP contribution is 2.41. The van der Waals surface area contributed by atoms with Gasteiger partial charge >= 0.3 is 0 Å². The molecule has 3 rings (SSSR count). The van der Waals surface area contributed by atoms with Gasteiger partial charge in [-0.25, -0.2) is 4.98 Å². The van der Waals surface area contributed by atoms with Gasteiger partial charge in [0, 0.05) is 17.3 Å². The van der Waals surface area contributed by atoms with Crippen LogP contribution in [0.4, 0.5) is 0 Å². The van der Waals surface area contributed by atoms with Crippen LogP contribution in [-0.2, 0) is 5.54 Å². The van der Waals surface area contributed by atoms with Crippen molar-refractivity contribution in [2.75, 3.05) is 0 Å². The highest BCUT2D eigenvalue weighted by molar-refractivity contribution is 7.09. The maximum Gasteiger partial charge on any atom is 0.268 e. The molecule has 2 aromatic heterocycles. The lowest BCUT2D eigenvalue weighted by Crippen LogP contribution is -2.43. The van der Waals surface area contributed by atoms with Gasteiger partial charge in [-0.2, -0.15) is 0 Å². The van der Waals surface area contributed by atoms with Crippen LogP contribution in [0.5, 0.6) is 0 Å². The van der Waals surface area contributed by atoms with Gasteiger partial charge in [0.1, 0.15) is 10.7 Å². The summed E-state index contributed by atoms with van der Waals surface area (Å²) in [5.74, 6) is 0.533. The van der Waals surface area contributed by atoms with Gasteiger partial charge in [-0.1, -0.05) is 6.92 Å². The smallest absolute Gasteiger partial charge is 0.268 e. The van der Waals surface area contributed by atoms with Crippen molar-refractivity contribution in [3.8, 4) is 0 Å². The Morgan fingerprint density at radius 1 is 1.57 bits per heavy atom. The Balaban J connectivity index is 1.83. The van der Waals surface area contributed by atoms with Gasteiger partial charge < -0.3 is 10.3 Å². The molecule has 4 nitrogen and oxygen atoms in total. The van der Waals surface area contributed by atoms with Gasteiger partial charge in [0.25, 0.3) is 5.91 Å². The van der Waals surface area contributed by atoms with E-state index in [0.717, 1.165) is 22.7 Å². The number of carbonyl (C=O) groups excluding carboxylic acids is 1. The Morgan fingerprint density at radius 2 is 2.33 bits per heavy atom. The zero-order chi connectivity index (χ0) is 15.0. The van der Waals surface area contributed by atoms with E-state index < -0.39 is 5.54 Å². The van der Waals surface area contributed by atoms with Gasteiger partial charge in [-0.15, -0.1) is 11.3 Å². The quantitative estimate of drug-likeness (QED) is 0.884. The first-order chi connectivity index (χ1) is 10.0. The van der Waals surface area contributed by atoms with Gasteiger partial charge in [0.15, 0.2) is 0 Å². The topological polar surface area (TPSA) is 57.8 Å². The first-order valence-electron chi connectivity index (χ1n) is 7.46. The molecule has 21 heavy (non-hydrogen) atoms. The van der Waals surface area contributed by atoms with Gasteiger partial charge in [0.05, 0.1) is 5.54 Å². The van der Waals surface area contributed by atoms with E-state index >= 15 is 0 Å². The number of rotatable bonds is 5. The van der Waals surface area contributed by atoms with Gasteiger partial charge in [0.2, 0.25) is 0 Å². The largest absolute Gasteiger partial charge is 0.357 e. The van der Waals surface area contributed by atoms with Crippen molar-refractivity contribution in [1.82, 2.24) is 15.3 Å². The molecule has 1 saturated carbocycles. The summed E-state index contributed by atoms with van der Waals surface area (Å²) in [7, 11) is 0. The second-order valence-electron chi connectivity index (χ2n) is 6.02. The lowest BCUT2D eigenvalue weighted by Gasteiger charge is -2.27. The van der Waals surface area contributed by atoms with Crippen LogP contribution in [0, 0.1) is 6.92 Å². The average molecular weight is 303 g/mol. The van der Waals surface area contributed by atoms with Crippen LogP contribution in [0.25, 0.3) is 0 Å². The Morgan fingerprint density at radius 3 is 2.90 bits per heavy atom. The van der Waals surface area contributed by atoms with E-state index in [1.165, 1.54) is 12.8 Å². The number of nitrogens with one attached hydrogen (secondary N) is 2. The maximum absolute atomic E-state index is 12.6. The van der Waals surface area contributed by atoms with Gasteiger partial charge in [-0.05, 0) is 50.7 Å². The zero-order valence-corrected chi connectivity index (χ0v) is 13.5. The summed E-state index contributed by atoms with van der Waals surface area (Å²) < 4.78 is 0. The van der Waals surface area contributed by atoms with E-state index in [0.29, 0.717) is 11.6 Å². The predicted molar refractivity (Wildman–Crippen MR) is 84.7 cm³/mol. The fourth-order valence-corrected chi connectivity index (χ4v) is 3.51. The Bertz CT molecular complexity index is 656. The number of aryl methyl sites for hydroxylation is 1. The van der Waals surface area contributed by atoms with Crippen LogP contribution in [-0.4, -0.2) is 15.9 Å². The second kappa shape index (κ2) is 5.30. The average Bonchev–Trinajstić information content (AvgIpc) is 3.01. The lowest BCUT2D eigenvalue weighted by molar-refractivity contribution is 0.0896. The first-order valence-corrected chi connectivity index (χ1v) is 8.34. The summed E-state index contributed by atoms with van der Waals surface area (Å²) in [6.07, 6.45) is 5.05. The van der Waals surface area contributed by atoms with E-state index in [4.69, 9.17) is 0 Å². The molecule has 2 N–H and O–H groups in total. The van der Waals surface area contributed by atoms with Crippen molar-refractivity contribution < 1.29 is 4.79 Å². The fraction of sp³-hybridized carbons (Fsp3) is 0.500. The normalized spacial score (nSPS) is 17.5. The summed E-state index contributed by atoms with van der Waals surface area (Å²) in [6, 6.07) is 2.03. The number of H-pyrrole nitrogens is 1. The maximum atomic E-state index is 12.6.